The monoisotopic (exact) mass is 440 g/mol. The van der Waals surface area contributed by atoms with Crippen LogP contribution in [0.2, 0.25) is 0 Å². The Bertz CT molecular complexity index is 1100. The number of nitrogens with zero attached hydrogens (tertiary/aromatic N) is 1. The average Bonchev–Trinajstić information content (AvgIpc) is 2.78. The summed E-state index contributed by atoms with van der Waals surface area (Å²) in [6.45, 7) is 1.82. The average molecular weight is 440 g/mol. The number of alkyl halides is 3. The van der Waals surface area contributed by atoms with Crippen LogP contribution in [0.15, 0.2) is 78.9 Å². The summed E-state index contributed by atoms with van der Waals surface area (Å²) < 4.78 is 38.8. The fourth-order valence-corrected chi connectivity index (χ4v) is 3.27. The molecule has 0 heterocycles. The highest BCUT2D eigenvalue weighted by atomic mass is 19.4. The second kappa shape index (κ2) is 9.68. The van der Waals surface area contributed by atoms with Gasteiger partial charge in [0, 0.05) is 18.3 Å². The maximum absolute atomic E-state index is 12.9. The van der Waals surface area contributed by atoms with Gasteiger partial charge in [0.2, 0.25) is 5.91 Å². The second-order valence-corrected chi connectivity index (χ2v) is 7.50. The van der Waals surface area contributed by atoms with E-state index >= 15 is 0 Å². The van der Waals surface area contributed by atoms with E-state index in [1.165, 1.54) is 17.0 Å². The minimum Gasteiger partial charge on any atom is -0.339 e. The summed E-state index contributed by atoms with van der Waals surface area (Å²) in [4.78, 5) is 26.6. The van der Waals surface area contributed by atoms with E-state index in [1.807, 2.05) is 19.1 Å². The van der Waals surface area contributed by atoms with Crippen LogP contribution < -0.4 is 5.32 Å². The van der Waals surface area contributed by atoms with Crippen LogP contribution in [0.4, 0.5) is 18.9 Å². The highest BCUT2D eigenvalue weighted by molar-refractivity contribution is 6.04. The van der Waals surface area contributed by atoms with Crippen LogP contribution >= 0.6 is 0 Å². The van der Waals surface area contributed by atoms with Crippen LogP contribution in [-0.4, -0.2) is 23.8 Å². The van der Waals surface area contributed by atoms with Crippen LogP contribution in [-0.2, 0) is 17.4 Å². The van der Waals surface area contributed by atoms with Crippen molar-refractivity contribution >= 4 is 17.5 Å². The Kier molecular flexibility index (Phi) is 6.98. The standard InChI is InChI=1S/C25H23F3N2O2/c1-17(30(2)23(31)15-18-8-6-12-21(14-18)25(26,27)28)20-11-7-13-22(16-20)29-24(32)19-9-4-3-5-10-19/h3-14,16-17H,15H2,1-2H3,(H,29,32)/t17-/m0/s1. The van der Waals surface area contributed by atoms with Crippen LogP contribution in [0.25, 0.3) is 0 Å². The Morgan fingerprint density at radius 3 is 2.31 bits per heavy atom. The van der Waals surface area contributed by atoms with Gasteiger partial charge in [-0.1, -0.05) is 48.5 Å². The molecule has 0 spiro atoms. The number of likely N-dealkylation sites (N-methyl/N-ethyl adjacent to an activating group) is 1. The Morgan fingerprint density at radius 1 is 0.938 bits per heavy atom. The number of hydrogen-bond acceptors (Lipinski definition) is 2. The lowest BCUT2D eigenvalue weighted by atomic mass is 10.0. The molecule has 3 aromatic rings. The maximum Gasteiger partial charge on any atom is 0.416 e. The number of amides is 2. The van der Waals surface area contributed by atoms with Crippen molar-refractivity contribution < 1.29 is 22.8 Å². The SMILES string of the molecule is C[C@@H](c1cccc(NC(=O)c2ccccc2)c1)N(C)C(=O)Cc1cccc(C(F)(F)F)c1. The van der Waals surface area contributed by atoms with Crippen molar-refractivity contribution in [2.75, 3.05) is 12.4 Å². The van der Waals surface area contributed by atoms with Crippen LogP contribution in [0.5, 0.6) is 0 Å². The second-order valence-electron chi connectivity index (χ2n) is 7.50. The zero-order valence-corrected chi connectivity index (χ0v) is 17.7. The maximum atomic E-state index is 12.9. The first-order valence-electron chi connectivity index (χ1n) is 10.0. The largest absolute Gasteiger partial charge is 0.416 e. The summed E-state index contributed by atoms with van der Waals surface area (Å²) in [5.41, 5.74) is 1.42. The summed E-state index contributed by atoms with van der Waals surface area (Å²) in [6, 6.07) is 20.4. The Hall–Kier alpha value is -3.61. The smallest absolute Gasteiger partial charge is 0.339 e. The molecule has 0 unspecified atom stereocenters. The Labute approximate surface area is 184 Å². The molecule has 1 N–H and O–H groups in total. The molecule has 0 saturated carbocycles. The first-order valence-corrected chi connectivity index (χ1v) is 10.0. The molecule has 4 nitrogen and oxygen atoms in total. The summed E-state index contributed by atoms with van der Waals surface area (Å²) >= 11 is 0. The van der Waals surface area contributed by atoms with Crippen molar-refractivity contribution in [2.24, 2.45) is 0 Å². The fraction of sp³-hybridized carbons (Fsp3) is 0.200. The lowest BCUT2D eigenvalue weighted by molar-refractivity contribution is -0.138. The summed E-state index contributed by atoms with van der Waals surface area (Å²) in [5, 5.41) is 2.83. The van der Waals surface area contributed by atoms with Crippen molar-refractivity contribution in [2.45, 2.75) is 25.6 Å². The minimum atomic E-state index is -4.46. The van der Waals surface area contributed by atoms with Gasteiger partial charge in [-0.2, -0.15) is 13.2 Å². The van der Waals surface area contributed by atoms with Crippen molar-refractivity contribution in [3.8, 4) is 0 Å². The number of anilines is 1. The van der Waals surface area contributed by atoms with E-state index in [-0.39, 0.29) is 24.3 Å². The molecular formula is C25H23F3N2O2. The van der Waals surface area contributed by atoms with Gasteiger partial charge in [-0.25, -0.2) is 0 Å². The van der Waals surface area contributed by atoms with Gasteiger partial charge in [0.1, 0.15) is 0 Å². The van der Waals surface area contributed by atoms with E-state index < -0.39 is 11.7 Å². The number of nitrogens with one attached hydrogen (secondary N) is 1. The van der Waals surface area contributed by atoms with E-state index in [1.54, 1.807) is 49.5 Å². The number of rotatable bonds is 6. The quantitative estimate of drug-likeness (QED) is 0.533. The number of carbonyl (C=O) groups is 2. The van der Waals surface area contributed by atoms with Gasteiger partial charge in [0.15, 0.2) is 0 Å². The number of hydrogen-bond donors (Lipinski definition) is 1. The predicted octanol–water partition coefficient (Wildman–Crippen LogP) is 5.72. The number of halogens is 3. The highest BCUT2D eigenvalue weighted by Gasteiger charge is 2.30. The van der Waals surface area contributed by atoms with Gasteiger partial charge >= 0.3 is 6.18 Å². The molecule has 0 aliphatic rings. The minimum absolute atomic E-state index is 0.144. The van der Waals surface area contributed by atoms with Gasteiger partial charge in [0.25, 0.3) is 5.91 Å². The lowest BCUT2D eigenvalue weighted by Crippen LogP contribution is -2.31. The molecule has 166 valence electrons. The summed E-state index contributed by atoms with van der Waals surface area (Å²) in [7, 11) is 1.61. The normalized spacial score (nSPS) is 12.2. The molecule has 0 saturated heterocycles. The first kappa shape index (κ1) is 23.1. The van der Waals surface area contributed by atoms with Gasteiger partial charge < -0.3 is 10.2 Å². The van der Waals surface area contributed by atoms with E-state index in [0.29, 0.717) is 16.8 Å². The van der Waals surface area contributed by atoms with Crippen molar-refractivity contribution in [1.82, 2.24) is 4.90 Å². The van der Waals surface area contributed by atoms with Crippen molar-refractivity contribution in [3.63, 3.8) is 0 Å². The van der Waals surface area contributed by atoms with Crippen molar-refractivity contribution in [1.29, 1.82) is 0 Å². The Balaban J connectivity index is 1.69. The third-order valence-corrected chi connectivity index (χ3v) is 5.25. The molecule has 32 heavy (non-hydrogen) atoms. The zero-order chi connectivity index (χ0) is 23.3. The number of benzene rings is 3. The van der Waals surface area contributed by atoms with Gasteiger partial charge in [0.05, 0.1) is 18.0 Å². The van der Waals surface area contributed by atoms with E-state index in [2.05, 4.69) is 5.32 Å². The molecule has 0 aliphatic heterocycles. The third kappa shape index (κ3) is 5.75. The first-order chi connectivity index (χ1) is 15.1. The third-order valence-electron chi connectivity index (χ3n) is 5.25. The molecule has 0 aliphatic carbocycles. The molecule has 0 aromatic heterocycles. The molecule has 7 heteroatoms. The molecule has 1 atom stereocenters. The van der Waals surface area contributed by atoms with Crippen LogP contribution in [0.1, 0.15) is 40.0 Å². The van der Waals surface area contributed by atoms with Crippen LogP contribution in [0.3, 0.4) is 0 Å². The molecule has 3 aromatic carbocycles. The molecule has 0 bridgehead atoms. The molecule has 2 amide bonds. The molecule has 0 fully saturated rings. The van der Waals surface area contributed by atoms with Crippen molar-refractivity contribution in [3.05, 3.63) is 101 Å². The van der Waals surface area contributed by atoms with Crippen LogP contribution in [0, 0.1) is 0 Å². The summed E-state index contributed by atoms with van der Waals surface area (Å²) in [5.74, 6) is -0.556. The molecule has 0 radical (unpaired) electrons. The van der Waals surface area contributed by atoms with E-state index in [9.17, 15) is 22.8 Å². The topological polar surface area (TPSA) is 49.4 Å². The van der Waals surface area contributed by atoms with Gasteiger partial charge in [-0.15, -0.1) is 0 Å². The summed E-state index contributed by atoms with van der Waals surface area (Å²) in [6.07, 6.45) is -4.60. The molecular weight excluding hydrogens is 417 g/mol. The van der Waals surface area contributed by atoms with E-state index in [0.717, 1.165) is 17.7 Å². The fourth-order valence-electron chi connectivity index (χ4n) is 3.27. The molecule has 3 rings (SSSR count). The lowest BCUT2D eigenvalue weighted by Gasteiger charge is -2.26. The van der Waals surface area contributed by atoms with Gasteiger partial charge in [-0.05, 0) is 48.4 Å². The highest BCUT2D eigenvalue weighted by Crippen LogP contribution is 2.30. The Morgan fingerprint density at radius 2 is 1.62 bits per heavy atom. The van der Waals surface area contributed by atoms with E-state index in [4.69, 9.17) is 0 Å². The van der Waals surface area contributed by atoms with Gasteiger partial charge in [-0.3, -0.25) is 9.59 Å². The predicted molar refractivity (Wildman–Crippen MR) is 117 cm³/mol. The zero-order valence-electron chi connectivity index (χ0n) is 17.7. The number of carbonyl (C=O) groups excluding carboxylic acids is 2.